The Morgan fingerprint density at radius 2 is 2.25 bits per heavy atom. The molecule has 3 nitrogen and oxygen atoms in total. The van der Waals surface area contributed by atoms with Crippen LogP contribution in [0.5, 0.6) is 0 Å². The Kier molecular flexibility index (Phi) is 4.45. The third kappa shape index (κ3) is 3.05. The van der Waals surface area contributed by atoms with E-state index in [-0.39, 0.29) is 10.6 Å². The van der Waals surface area contributed by atoms with Crippen LogP contribution >= 0.6 is 0 Å². The lowest BCUT2D eigenvalue weighted by Crippen LogP contribution is -1.91. The van der Waals surface area contributed by atoms with E-state index in [9.17, 15) is 10.1 Å². The highest BCUT2D eigenvalue weighted by molar-refractivity contribution is 5.64. The van der Waals surface area contributed by atoms with Gasteiger partial charge in [0.15, 0.2) is 0 Å². The van der Waals surface area contributed by atoms with E-state index in [0.29, 0.717) is 5.56 Å². The van der Waals surface area contributed by atoms with Crippen molar-refractivity contribution in [3.8, 4) is 0 Å². The average molecular weight is 217 g/mol. The molecular weight excluding hydrogens is 202 g/mol. The molecule has 0 saturated carbocycles. The van der Waals surface area contributed by atoms with Crippen LogP contribution in [-0.2, 0) is 0 Å². The molecular formula is C13H15NO2. The minimum Gasteiger partial charge on any atom is -0.258 e. The van der Waals surface area contributed by atoms with Gasteiger partial charge in [0.1, 0.15) is 0 Å². The second kappa shape index (κ2) is 5.85. The van der Waals surface area contributed by atoms with Crippen molar-refractivity contribution in [2.45, 2.75) is 19.8 Å². The third-order valence-corrected chi connectivity index (χ3v) is 2.24. The van der Waals surface area contributed by atoms with Gasteiger partial charge in [0, 0.05) is 6.07 Å². The van der Waals surface area contributed by atoms with E-state index in [1.54, 1.807) is 12.1 Å². The molecule has 0 unspecified atom stereocenters. The molecule has 0 heterocycles. The summed E-state index contributed by atoms with van der Waals surface area (Å²) in [5.74, 6) is 0. The quantitative estimate of drug-likeness (QED) is 0.551. The SMILES string of the molecule is C=Cc1ccc(/C=C/CCC)cc1[N+](=O)[O-]. The van der Waals surface area contributed by atoms with Crippen LogP contribution in [0.2, 0.25) is 0 Å². The first kappa shape index (κ1) is 12.2. The van der Waals surface area contributed by atoms with Crippen molar-refractivity contribution in [2.24, 2.45) is 0 Å². The molecule has 0 radical (unpaired) electrons. The number of unbranched alkanes of at least 4 members (excludes halogenated alkanes) is 1. The first-order chi connectivity index (χ1) is 7.69. The molecule has 0 saturated heterocycles. The number of nitro groups is 1. The van der Waals surface area contributed by atoms with Crippen LogP contribution in [0, 0.1) is 10.1 Å². The molecule has 0 atom stereocenters. The number of allylic oxidation sites excluding steroid dienone is 1. The summed E-state index contributed by atoms with van der Waals surface area (Å²) in [6.45, 7) is 5.65. The van der Waals surface area contributed by atoms with Crippen LogP contribution in [0.25, 0.3) is 12.2 Å². The molecule has 0 aromatic heterocycles. The van der Waals surface area contributed by atoms with Crippen LogP contribution in [-0.4, -0.2) is 4.92 Å². The molecule has 1 rings (SSSR count). The summed E-state index contributed by atoms with van der Waals surface area (Å²) in [5.41, 5.74) is 1.51. The second-order valence-corrected chi connectivity index (χ2v) is 3.47. The van der Waals surface area contributed by atoms with Gasteiger partial charge in [-0.05, 0) is 18.1 Å². The Morgan fingerprint density at radius 1 is 1.50 bits per heavy atom. The van der Waals surface area contributed by atoms with Gasteiger partial charge in [-0.25, -0.2) is 0 Å². The van der Waals surface area contributed by atoms with Crippen LogP contribution in [0.1, 0.15) is 30.9 Å². The monoisotopic (exact) mass is 217 g/mol. The van der Waals surface area contributed by atoms with Crippen molar-refractivity contribution in [1.29, 1.82) is 0 Å². The Morgan fingerprint density at radius 3 is 2.81 bits per heavy atom. The maximum Gasteiger partial charge on any atom is 0.277 e. The summed E-state index contributed by atoms with van der Waals surface area (Å²) in [4.78, 5) is 10.4. The molecule has 0 aliphatic rings. The number of nitro benzene ring substituents is 1. The highest BCUT2D eigenvalue weighted by Crippen LogP contribution is 2.22. The smallest absolute Gasteiger partial charge is 0.258 e. The average Bonchev–Trinajstić information content (AvgIpc) is 2.29. The minimum atomic E-state index is -0.381. The number of nitrogens with zero attached hydrogens (tertiary/aromatic N) is 1. The predicted molar refractivity (Wildman–Crippen MR) is 67.1 cm³/mol. The fourth-order valence-electron chi connectivity index (χ4n) is 1.38. The Bertz CT molecular complexity index is 422. The summed E-state index contributed by atoms with van der Waals surface area (Å²) in [6, 6.07) is 5.15. The molecule has 3 heteroatoms. The van der Waals surface area contributed by atoms with Crippen molar-refractivity contribution < 1.29 is 4.92 Å². The van der Waals surface area contributed by atoms with E-state index >= 15 is 0 Å². The Labute approximate surface area is 95.3 Å². The van der Waals surface area contributed by atoms with Crippen LogP contribution < -0.4 is 0 Å². The lowest BCUT2D eigenvalue weighted by atomic mass is 10.1. The van der Waals surface area contributed by atoms with Gasteiger partial charge in [-0.2, -0.15) is 0 Å². The van der Waals surface area contributed by atoms with Gasteiger partial charge >= 0.3 is 0 Å². The largest absolute Gasteiger partial charge is 0.277 e. The third-order valence-electron chi connectivity index (χ3n) is 2.24. The van der Waals surface area contributed by atoms with E-state index in [2.05, 4.69) is 13.5 Å². The first-order valence-corrected chi connectivity index (χ1v) is 5.26. The van der Waals surface area contributed by atoms with E-state index in [1.165, 1.54) is 6.08 Å². The van der Waals surface area contributed by atoms with Gasteiger partial charge < -0.3 is 0 Å². The maximum atomic E-state index is 10.8. The molecule has 16 heavy (non-hydrogen) atoms. The Hall–Kier alpha value is -1.90. The molecule has 1 aromatic carbocycles. The summed E-state index contributed by atoms with van der Waals surface area (Å²) in [6.07, 6.45) is 7.48. The molecule has 1 aromatic rings. The van der Waals surface area contributed by atoms with Gasteiger partial charge in [-0.3, -0.25) is 10.1 Å². The molecule has 0 spiro atoms. The van der Waals surface area contributed by atoms with Crippen molar-refractivity contribution in [3.05, 3.63) is 52.1 Å². The fourth-order valence-corrected chi connectivity index (χ4v) is 1.38. The predicted octanol–water partition coefficient (Wildman–Crippen LogP) is 4.05. The lowest BCUT2D eigenvalue weighted by molar-refractivity contribution is -0.385. The lowest BCUT2D eigenvalue weighted by Gasteiger charge is -1.99. The van der Waals surface area contributed by atoms with Crippen molar-refractivity contribution in [2.75, 3.05) is 0 Å². The maximum absolute atomic E-state index is 10.8. The molecule has 0 fully saturated rings. The van der Waals surface area contributed by atoms with Crippen LogP contribution in [0.4, 0.5) is 5.69 Å². The minimum absolute atomic E-state index is 0.105. The highest BCUT2D eigenvalue weighted by atomic mass is 16.6. The summed E-state index contributed by atoms with van der Waals surface area (Å²) >= 11 is 0. The molecule has 0 bridgehead atoms. The number of hydrogen-bond acceptors (Lipinski definition) is 2. The van der Waals surface area contributed by atoms with E-state index < -0.39 is 0 Å². The van der Waals surface area contributed by atoms with E-state index in [1.807, 2.05) is 18.2 Å². The normalized spacial score (nSPS) is 10.6. The number of benzene rings is 1. The van der Waals surface area contributed by atoms with Crippen molar-refractivity contribution in [1.82, 2.24) is 0 Å². The van der Waals surface area contributed by atoms with Gasteiger partial charge in [-0.1, -0.05) is 44.2 Å². The summed E-state index contributed by atoms with van der Waals surface area (Å²) < 4.78 is 0. The van der Waals surface area contributed by atoms with E-state index in [4.69, 9.17) is 0 Å². The first-order valence-electron chi connectivity index (χ1n) is 5.26. The Balaban J connectivity index is 3.02. The zero-order chi connectivity index (χ0) is 12.0. The molecule has 0 aliphatic carbocycles. The fraction of sp³-hybridized carbons (Fsp3) is 0.231. The topological polar surface area (TPSA) is 43.1 Å². The standard InChI is InChI=1S/C13H15NO2/c1-3-5-6-7-11-8-9-12(4-2)13(10-11)14(15)16/h4,6-10H,2-3,5H2,1H3/b7-6+. The molecule has 0 aliphatic heterocycles. The number of hydrogen-bond donors (Lipinski definition) is 0. The highest BCUT2D eigenvalue weighted by Gasteiger charge is 2.10. The molecule has 84 valence electrons. The van der Waals surface area contributed by atoms with Crippen LogP contribution in [0.15, 0.2) is 30.9 Å². The molecule has 0 N–H and O–H groups in total. The van der Waals surface area contributed by atoms with Crippen LogP contribution in [0.3, 0.4) is 0 Å². The van der Waals surface area contributed by atoms with Gasteiger partial charge in [-0.15, -0.1) is 0 Å². The van der Waals surface area contributed by atoms with Crippen molar-refractivity contribution in [3.63, 3.8) is 0 Å². The zero-order valence-corrected chi connectivity index (χ0v) is 9.35. The molecule has 0 amide bonds. The van der Waals surface area contributed by atoms with Crippen molar-refractivity contribution >= 4 is 17.8 Å². The van der Waals surface area contributed by atoms with Gasteiger partial charge in [0.2, 0.25) is 0 Å². The number of rotatable bonds is 5. The zero-order valence-electron chi connectivity index (χ0n) is 9.35. The summed E-state index contributed by atoms with van der Waals surface area (Å²) in [7, 11) is 0. The second-order valence-electron chi connectivity index (χ2n) is 3.47. The summed E-state index contributed by atoms with van der Waals surface area (Å²) in [5, 5.41) is 10.8. The van der Waals surface area contributed by atoms with Gasteiger partial charge in [0.05, 0.1) is 10.5 Å². The van der Waals surface area contributed by atoms with E-state index in [0.717, 1.165) is 18.4 Å². The van der Waals surface area contributed by atoms with Gasteiger partial charge in [0.25, 0.3) is 5.69 Å².